The van der Waals surface area contributed by atoms with E-state index in [-0.39, 0.29) is 5.92 Å². The Bertz CT molecular complexity index is 258. The van der Waals surface area contributed by atoms with E-state index < -0.39 is 5.67 Å². The molecule has 1 saturated heterocycles. The zero-order chi connectivity index (χ0) is 13.2. The van der Waals surface area contributed by atoms with Crippen molar-refractivity contribution in [3.8, 4) is 0 Å². The van der Waals surface area contributed by atoms with Gasteiger partial charge in [0.1, 0.15) is 5.67 Å². The lowest BCUT2D eigenvalue weighted by atomic mass is 9.69. The van der Waals surface area contributed by atoms with Gasteiger partial charge in [-0.25, -0.2) is 4.39 Å². The molecule has 1 aliphatic heterocycles. The fourth-order valence-electron chi connectivity index (χ4n) is 3.84. The standard InChI is InChI=1S/C16H30FN/c1-12-7-8-14(10-13(12)2)16(3,17)11-15-6-4-5-9-18-15/h12-15,18H,4-11H2,1-3H3. The number of rotatable bonds is 3. The van der Waals surface area contributed by atoms with Gasteiger partial charge in [0.25, 0.3) is 0 Å². The summed E-state index contributed by atoms with van der Waals surface area (Å²) in [6.07, 6.45) is 7.80. The highest BCUT2D eigenvalue weighted by molar-refractivity contribution is 4.91. The van der Waals surface area contributed by atoms with Crippen LogP contribution in [0, 0.1) is 17.8 Å². The molecule has 0 radical (unpaired) electrons. The van der Waals surface area contributed by atoms with Crippen molar-refractivity contribution in [3.63, 3.8) is 0 Å². The highest BCUT2D eigenvalue weighted by atomic mass is 19.1. The summed E-state index contributed by atoms with van der Waals surface area (Å²) in [7, 11) is 0. The molecule has 0 bridgehead atoms. The van der Waals surface area contributed by atoms with Gasteiger partial charge in [-0.3, -0.25) is 0 Å². The van der Waals surface area contributed by atoms with Gasteiger partial charge < -0.3 is 5.32 Å². The lowest BCUT2D eigenvalue weighted by molar-refractivity contribution is 0.0265. The van der Waals surface area contributed by atoms with Crippen LogP contribution in [0.3, 0.4) is 0 Å². The number of alkyl halides is 1. The third-order valence-electron chi connectivity index (χ3n) is 5.51. The van der Waals surface area contributed by atoms with Gasteiger partial charge in [-0.2, -0.15) is 0 Å². The van der Waals surface area contributed by atoms with Crippen LogP contribution in [-0.2, 0) is 0 Å². The second-order valence-corrected chi connectivity index (χ2v) is 7.09. The molecule has 5 atom stereocenters. The van der Waals surface area contributed by atoms with Crippen LogP contribution in [0.5, 0.6) is 0 Å². The fraction of sp³-hybridized carbons (Fsp3) is 1.00. The summed E-state index contributed by atoms with van der Waals surface area (Å²) < 4.78 is 15.0. The molecule has 0 amide bonds. The zero-order valence-corrected chi connectivity index (χ0v) is 12.3. The maximum absolute atomic E-state index is 15.0. The minimum Gasteiger partial charge on any atom is -0.314 e. The number of nitrogens with one attached hydrogen (secondary N) is 1. The Kier molecular flexibility index (Phi) is 4.69. The van der Waals surface area contributed by atoms with Gasteiger partial charge in [-0.15, -0.1) is 0 Å². The summed E-state index contributed by atoms with van der Waals surface area (Å²) in [6, 6.07) is 0.420. The van der Waals surface area contributed by atoms with E-state index in [1.54, 1.807) is 0 Å². The van der Waals surface area contributed by atoms with Crippen molar-refractivity contribution in [1.82, 2.24) is 5.32 Å². The molecule has 0 aromatic heterocycles. The zero-order valence-electron chi connectivity index (χ0n) is 12.3. The van der Waals surface area contributed by atoms with E-state index in [1.807, 2.05) is 6.92 Å². The molecule has 2 fully saturated rings. The SMILES string of the molecule is CC1CCC(C(C)(F)CC2CCCCN2)CC1C. The molecule has 0 aromatic carbocycles. The second-order valence-electron chi connectivity index (χ2n) is 7.09. The minimum absolute atomic E-state index is 0.285. The van der Waals surface area contributed by atoms with E-state index in [9.17, 15) is 0 Å². The number of hydrogen-bond acceptors (Lipinski definition) is 1. The molecule has 2 heteroatoms. The predicted molar refractivity (Wildman–Crippen MR) is 75.4 cm³/mol. The summed E-state index contributed by atoms with van der Waals surface area (Å²) in [5.74, 6) is 1.76. The van der Waals surface area contributed by atoms with Crippen molar-refractivity contribution in [2.45, 2.75) is 77.4 Å². The normalized spacial score (nSPS) is 41.3. The molecular weight excluding hydrogens is 225 g/mol. The Morgan fingerprint density at radius 1 is 1.11 bits per heavy atom. The maximum atomic E-state index is 15.0. The minimum atomic E-state index is -0.969. The Hall–Kier alpha value is -0.110. The van der Waals surface area contributed by atoms with E-state index in [0.29, 0.717) is 12.0 Å². The first kappa shape index (κ1) is 14.3. The molecule has 1 saturated carbocycles. The van der Waals surface area contributed by atoms with E-state index in [0.717, 1.165) is 38.1 Å². The Morgan fingerprint density at radius 2 is 1.89 bits per heavy atom. The molecular formula is C16H30FN. The number of halogens is 1. The molecule has 18 heavy (non-hydrogen) atoms. The highest BCUT2D eigenvalue weighted by Gasteiger charge is 2.40. The first-order valence-electron chi connectivity index (χ1n) is 7.91. The van der Waals surface area contributed by atoms with Crippen LogP contribution < -0.4 is 5.32 Å². The molecule has 2 aliphatic rings. The monoisotopic (exact) mass is 255 g/mol. The number of piperidine rings is 1. The second kappa shape index (κ2) is 5.90. The lowest BCUT2D eigenvalue weighted by Crippen LogP contribution is -2.43. The van der Waals surface area contributed by atoms with Gasteiger partial charge in [0.05, 0.1) is 0 Å². The molecule has 106 valence electrons. The molecule has 1 N–H and O–H groups in total. The van der Waals surface area contributed by atoms with Crippen LogP contribution in [0.25, 0.3) is 0 Å². The van der Waals surface area contributed by atoms with Crippen LogP contribution in [0.2, 0.25) is 0 Å². The van der Waals surface area contributed by atoms with Gasteiger partial charge in [0.2, 0.25) is 0 Å². The van der Waals surface area contributed by atoms with Crippen LogP contribution >= 0.6 is 0 Å². The Balaban J connectivity index is 1.88. The van der Waals surface area contributed by atoms with Crippen LogP contribution in [0.1, 0.15) is 65.7 Å². The molecule has 5 unspecified atom stereocenters. The number of hydrogen-bond donors (Lipinski definition) is 1. The highest BCUT2D eigenvalue weighted by Crippen LogP contribution is 2.42. The van der Waals surface area contributed by atoms with Crippen LogP contribution in [0.4, 0.5) is 4.39 Å². The van der Waals surface area contributed by atoms with E-state index in [4.69, 9.17) is 0 Å². The van der Waals surface area contributed by atoms with E-state index >= 15 is 4.39 Å². The first-order chi connectivity index (χ1) is 8.49. The summed E-state index contributed by atoms with van der Waals surface area (Å²) in [6.45, 7) is 7.56. The summed E-state index contributed by atoms with van der Waals surface area (Å²) in [5, 5.41) is 3.49. The van der Waals surface area contributed by atoms with Crippen molar-refractivity contribution >= 4 is 0 Å². The molecule has 0 spiro atoms. The molecule has 1 aliphatic carbocycles. The van der Waals surface area contributed by atoms with Gasteiger partial charge in [0.15, 0.2) is 0 Å². The fourth-order valence-corrected chi connectivity index (χ4v) is 3.84. The smallest absolute Gasteiger partial charge is 0.112 e. The Morgan fingerprint density at radius 3 is 2.50 bits per heavy atom. The van der Waals surface area contributed by atoms with Gasteiger partial charge >= 0.3 is 0 Å². The van der Waals surface area contributed by atoms with Crippen molar-refractivity contribution in [3.05, 3.63) is 0 Å². The maximum Gasteiger partial charge on any atom is 0.112 e. The van der Waals surface area contributed by atoms with Crippen molar-refractivity contribution in [2.75, 3.05) is 6.54 Å². The van der Waals surface area contributed by atoms with Crippen molar-refractivity contribution in [2.24, 2.45) is 17.8 Å². The molecule has 1 nitrogen and oxygen atoms in total. The molecule has 1 heterocycles. The van der Waals surface area contributed by atoms with E-state index in [2.05, 4.69) is 19.2 Å². The first-order valence-corrected chi connectivity index (χ1v) is 7.91. The predicted octanol–water partition coefficient (Wildman–Crippen LogP) is 4.32. The Labute approximate surface area is 112 Å². The quantitative estimate of drug-likeness (QED) is 0.792. The lowest BCUT2D eigenvalue weighted by Gasteiger charge is -2.41. The van der Waals surface area contributed by atoms with Gasteiger partial charge in [0, 0.05) is 6.04 Å². The third-order valence-corrected chi connectivity index (χ3v) is 5.51. The van der Waals surface area contributed by atoms with Gasteiger partial charge in [-0.05, 0) is 63.3 Å². The van der Waals surface area contributed by atoms with Crippen molar-refractivity contribution in [1.29, 1.82) is 0 Å². The van der Waals surface area contributed by atoms with Gasteiger partial charge in [-0.1, -0.05) is 26.7 Å². The van der Waals surface area contributed by atoms with E-state index in [1.165, 1.54) is 19.3 Å². The largest absolute Gasteiger partial charge is 0.314 e. The van der Waals surface area contributed by atoms with Crippen molar-refractivity contribution < 1.29 is 4.39 Å². The average Bonchev–Trinajstić information content (AvgIpc) is 2.33. The summed E-state index contributed by atoms with van der Waals surface area (Å²) in [5.41, 5.74) is -0.969. The average molecular weight is 255 g/mol. The molecule has 0 aromatic rings. The molecule has 2 rings (SSSR count). The summed E-state index contributed by atoms with van der Waals surface area (Å²) >= 11 is 0. The van der Waals surface area contributed by atoms with Crippen LogP contribution in [0.15, 0.2) is 0 Å². The van der Waals surface area contributed by atoms with Crippen LogP contribution in [-0.4, -0.2) is 18.3 Å². The summed E-state index contributed by atoms with van der Waals surface area (Å²) in [4.78, 5) is 0. The topological polar surface area (TPSA) is 12.0 Å². The third kappa shape index (κ3) is 3.46.